The number of amides is 2. The standard InChI is InChI=1S/C25H20N2O4/c28-14-17-8-7-16(13-24(17)30)25(31)27-12-10-21-19(4-2-6-23(21)27)18-3-1-5-22-20(18)9-11-26(22)15-29/h1-8,13-15,30H,9-12H2. The molecule has 6 nitrogen and oxygen atoms in total. The number of benzene rings is 3. The first-order valence-electron chi connectivity index (χ1n) is 10.2. The van der Waals surface area contributed by atoms with E-state index < -0.39 is 0 Å². The molecule has 1 N–H and O–H groups in total. The van der Waals surface area contributed by atoms with Crippen molar-refractivity contribution in [3.63, 3.8) is 0 Å². The second-order valence-corrected chi connectivity index (χ2v) is 7.75. The van der Waals surface area contributed by atoms with Crippen molar-refractivity contribution in [3.8, 4) is 16.9 Å². The number of carbonyl (C=O) groups is 3. The van der Waals surface area contributed by atoms with E-state index in [1.165, 1.54) is 12.1 Å². The van der Waals surface area contributed by atoms with Crippen LogP contribution in [0.4, 0.5) is 11.4 Å². The van der Waals surface area contributed by atoms with Gasteiger partial charge in [0.05, 0.1) is 5.56 Å². The van der Waals surface area contributed by atoms with Crippen LogP contribution in [-0.4, -0.2) is 36.8 Å². The summed E-state index contributed by atoms with van der Waals surface area (Å²) in [7, 11) is 0. The molecule has 0 saturated carbocycles. The Kier molecular flexibility index (Phi) is 4.55. The highest BCUT2D eigenvalue weighted by Gasteiger charge is 2.30. The number of aromatic hydroxyl groups is 1. The number of phenolic OH excluding ortho intramolecular Hbond substituents is 1. The van der Waals surface area contributed by atoms with Crippen LogP contribution < -0.4 is 9.80 Å². The fraction of sp³-hybridized carbons (Fsp3) is 0.160. The third kappa shape index (κ3) is 2.99. The number of fused-ring (bicyclic) bond motifs is 2. The Bertz CT molecular complexity index is 1230. The van der Waals surface area contributed by atoms with E-state index in [9.17, 15) is 19.5 Å². The van der Waals surface area contributed by atoms with Crippen molar-refractivity contribution in [1.82, 2.24) is 0 Å². The quantitative estimate of drug-likeness (QED) is 0.665. The smallest absolute Gasteiger partial charge is 0.258 e. The number of anilines is 2. The average molecular weight is 412 g/mol. The Morgan fingerprint density at radius 1 is 0.871 bits per heavy atom. The number of aldehydes is 1. The van der Waals surface area contributed by atoms with Crippen LogP contribution in [0.3, 0.4) is 0 Å². The maximum Gasteiger partial charge on any atom is 0.258 e. The molecule has 0 spiro atoms. The molecule has 0 bridgehead atoms. The van der Waals surface area contributed by atoms with Crippen molar-refractivity contribution in [2.24, 2.45) is 0 Å². The molecule has 6 heteroatoms. The maximum atomic E-state index is 13.2. The lowest BCUT2D eigenvalue weighted by Gasteiger charge is -2.19. The first-order chi connectivity index (χ1) is 15.1. The molecular formula is C25H20N2O4. The van der Waals surface area contributed by atoms with Gasteiger partial charge < -0.3 is 14.9 Å². The van der Waals surface area contributed by atoms with E-state index in [0.29, 0.717) is 24.9 Å². The summed E-state index contributed by atoms with van der Waals surface area (Å²) < 4.78 is 0. The van der Waals surface area contributed by atoms with E-state index in [2.05, 4.69) is 12.1 Å². The summed E-state index contributed by atoms with van der Waals surface area (Å²) in [6.07, 6.45) is 2.96. The molecule has 0 unspecified atom stereocenters. The first kappa shape index (κ1) is 19.1. The van der Waals surface area contributed by atoms with E-state index in [1.54, 1.807) is 15.9 Å². The minimum Gasteiger partial charge on any atom is -0.507 e. The summed E-state index contributed by atoms with van der Waals surface area (Å²) in [5.41, 5.74) is 6.72. The SMILES string of the molecule is O=Cc1ccc(C(=O)N2CCc3c(-c4cccc5c4CCN5C=O)cccc32)cc1O. The third-order valence-electron chi connectivity index (χ3n) is 6.16. The van der Waals surface area contributed by atoms with E-state index in [4.69, 9.17) is 0 Å². The Labute approximate surface area is 179 Å². The normalized spacial score (nSPS) is 14.3. The van der Waals surface area contributed by atoms with Gasteiger partial charge in [-0.2, -0.15) is 0 Å². The minimum absolute atomic E-state index is 0.156. The largest absolute Gasteiger partial charge is 0.507 e. The van der Waals surface area contributed by atoms with E-state index in [0.717, 1.165) is 52.9 Å². The van der Waals surface area contributed by atoms with Crippen LogP contribution in [0, 0.1) is 0 Å². The molecule has 5 rings (SSSR count). The number of phenols is 1. The van der Waals surface area contributed by atoms with Crippen LogP contribution in [0.25, 0.3) is 11.1 Å². The monoisotopic (exact) mass is 412 g/mol. The van der Waals surface area contributed by atoms with Crippen molar-refractivity contribution in [2.75, 3.05) is 22.9 Å². The zero-order valence-electron chi connectivity index (χ0n) is 16.7. The Balaban J connectivity index is 1.54. The summed E-state index contributed by atoms with van der Waals surface area (Å²) in [4.78, 5) is 38.9. The predicted molar refractivity (Wildman–Crippen MR) is 118 cm³/mol. The van der Waals surface area contributed by atoms with E-state index >= 15 is 0 Å². The number of hydrogen-bond donors (Lipinski definition) is 1. The van der Waals surface area contributed by atoms with Crippen LogP contribution in [-0.2, 0) is 17.6 Å². The molecule has 3 aromatic rings. The van der Waals surface area contributed by atoms with Gasteiger partial charge in [-0.05, 0) is 65.4 Å². The molecule has 3 aromatic carbocycles. The number of carbonyl (C=O) groups excluding carboxylic acids is 3. The lowest BCUT2D eigenvalue weighted by atomic mass is 9.93. The highest BCUT2D eigenvalue weighted by molar-refractivity contribution is 6.08. The molecule has 0 radical (unpaired) electrons. The van der Waals surface area contributed by atoms with Crippen molar-refractivity contribution < 1.29 is 19.5 Å². The molecule has 0 saturated heterocycles. The highest BCUT2D eigenvalue weighted by atomic mass is 16.3. The summed E-state index contributed by atoms with van der Waals surface area (Å²) in [5.74, 6) is -0.414. The maximum absolute atomic E-state index is 13.2. The van der Waals surface area contributed by atoms with Crippen LogP contribution in [0.15, 0.2) is 54.6 Å². The van der Waals surface area contributed by atoms with Gasteiger partial charge >= 0.3 is 0 Å². The summed E-state index contributed by atoms with van der Waals surface area (Å²) in [6, 6.07) is 16.3. The lowest BCUT2D eigenvalue weighted by molar-refractivity contribution is -0.107. The van der Waals surface area contributed by atoms with Gasteiger partial charge in [-0.15, -0.1) is 0 Å². The molecule has 31 heavy (non-hydrogen) atoms. The second kappa shape index (κ2) is 7.40. The van der Waals surface area contributed by atoms with Gasteiger partial charge in [0.2, 0.25) is 6.41 Å². The van der Waals surface area contributed by atoms with Crippen LogP contribution in [0.2, 0.25) is 0 Å². The molecule has 154 valence electrons. The van der Waals surface area contributed by atoms with E-state index in [-0.39, 0.29) is 17.2 Å². The number of rotatable bonds is 4. The van der Waals surface area contributed by atoms with Gasteiger partial charge in [0, 0.05) is 30.0 Å². The summed E-state index contributed by atoms with van der Waals surface area (Å²) in [6.45, 7) is 1.21. The van der Waals surface area contributed by atoms with Gasteiger partial charge in [0.1, 0.15) is 5.75 Å². The Morgan fingerprint density at radius 2 is 1.55 bits per heavy atom. The molecule has 2 aliphatic rings. The zero-order valence-corrected chi connectivity index (χ0v) is 16.7. The van der Waals surface area contributed by atoms with Crippen molar-refractivity contribution in [2.45, 2.75) is 12.8 Å². The molecule has 0 atom stereocenters. The van der Waals surface area contributed by atoms with Crippen LogP contribution in [0.1, 0.15) is 31.8 Å². The lowest BCUT2D eigenvalue weighted by Crippen LogP contribution is -2.28. The zero-order chi connectivity index (χ0) is 21.5. The highest BCUT2D eigenvalue weighted by Crippen LogP contribution is 2.41. The Hall–Kier alpha value is -3.93. The molecule has 0 aromatic heterocycles. The number of hydrogen-bond acceptors (Lipinski definition) is 4. The molecule has 0 fully saturated rings. The fourth-order valence-corrected chi connectivity index (χ4v) is 4.65. The van der Waals surface area contributed by atoms with Gasteiger partial charge in [0.15, 0.2) is 6.29 Å². The second-order valence-electron chi connectivity index (χ2n) is 7.75. The Morgan fingerprint density at radius 3 is 2.23 bits per heavy atom. The topological polar surface area (TPSA) is 77.9 Å². The van der Waals surface area contributed by atoms with Crippen LogP contribution in [0.5, 0.6) is 5.75 Å². The minimum atomic E-state index is -0.214. The van der Waals surface area contributed by atoms with Crippen LogP contribution >= 0.6 is 0 Å². The molecule has 2 amide bonds. The molecule has 2 aliphatic heterocycles. The van der Waals surface area contributed by atoms with Gasteiger partial charge in [-0.25, -0.2) is 0 Å². The van der Waals surface area contributed by atoms with Crippen molar-refractivity contribution >= 4 is 30.0 Å². The summed E-state index contributed by atoms with van der Waals surface area (Å²) >= 11 is 0. The first-order valence-corrected chi connectivity index (χ1v) is 10.2. The van der Waals surface area contributed by atoms with Gasteiger partial charge in [-0.3, -0.25) is 14.4 Å². The molecular weight excluding hydrogens is 392 g/mol. The van der Waals surface area contributed by atoms with Gasteiger partial charge in [-0.1, -0.05) is 24.3 Å². The van der Waals surface area contributed by atoms with E-state index in [1.807, 2.05) is 24.3 Å². The number of nitrogens with zero attached hydrogens (tertiary/aromatic N) is 2. The molecule has 0 aliphatic carbocycles. The van der Waals surface area contributed by atoms with Crippen molar-refractivity contribution in [1.29, 1.82) is 0 Å². The van der Waals surface area contributed by atoms with Gasteiger partial charge in [0.25, 0.3) is 5.91 Å². The fourth-order valence-electron chi connectivity index (χ4n) is 4.65. The molecule has 2 heterocycles. The van der Waals surface area contributed by atoms with Crippen molar-refractivity contribution in [3.05, 3.63) is 76.9 Å². The third-order valence-corrected chi connectivity index (χ3v) is 6.16. The predicted octanol–water partition coefficient (Wildman–Crippen LogP) is 3.59. The summed E-state index contributed by atoms with van der Waals surface area (Å²) in [5, 5.41) is 9.97. The average Bonchev–Trinajstić information content (AvgIpc) is 3.42.